The molecule has 0 spiro atoms. The molecular weight excluding hydrogens is 334 g/mol. The number of ether oxygens (including phenoxy) is 1. The minimum Gasteiger partial charge on any atom is -0.464 e. The van der Waals surface area contributed by atoms with Crippen LogP contribution in [0.1, 0.15) is 24.4 Å². The van der Waals surface area contributed by atoms with Crippen molar-refractivity contribution in [1.82, 2.24) is 14.7 Å². The highest BCUT2D eigenvalue weighted by Gasteiger charge is 2.31. The van der Waals surface area contributed by atoms with Crippen LogP contribution in [0.3, 0.4) is 0 Å². The molecule has 7 nitrogen and oxygen atoms in total. The maximum atomic E-state index is 12.7. The molecule has 2 saturated heterocycles. The number of hydrogen-bond acceptors (Lipinski definition) is 5. The summed E-state index contributed by atoms with van der Waals surface area (Å²) in [6, 6.07) is 3.80. The zero-order valence-electron chi connectivity index (χ0n) is 15.8. The average Bonchev–Trinajstić information content (AvgIpc) is 3.06. The zero-order chi connectivity index (χ0) is 18.5. The number of hydrogen-bond donors (Lipinski definition) is 0. The molecule has 1 unspecified atom stereocenters. The molecule has 0 N–H and O–H groups in total. The molecule has 0 radical (unpaired) electrons. The molecule has 1 atom stereocenters. The van der Waals surface area contributed by atoms with Crippen molar-refractivity contribution >= 4 is 11.8 Å². The molecule has 26 heavy (non-hydrogen) atoms. The van der Waals surface area contributed by atoms with E-state index < -0.39 is 0 Å². The van der Waals surface area contributed by atoms with Gasteiger partial charge in [0, 0.05) is 26.7 Å². The predicted molar refractivity (Wildman–Crippen MR) is 96.5 cm³/mol. The van der Waals surface area contributed by atoms with E-state index in [0.717, 1.165) is 30.9 Å². The Balaban J connectivity index is 1.49. The minimum atomic E-state index is -0.00678. The van der Waals surface area contributed by atoms with Gasteiger partial charge < -0.3 is 19.0 Å². The van der Waals surface area contributed by atoms with Gasteiger partial charge in [0.25, 0.3) is 0 Å². The molecule has 2 amide bonds. The van der Waals surface area contributed by atoms with Crippen LogP contribution in [-0.4, -0.2) is 79.5 Å². The lowest BCUT2D eigenvalue weighted by Gasteiger charge is -2.36. The Bertz CT molecular complexity index is 624. The fourth-order valence-corrected chi connectivity index (χ4v) is 3.65. The average molecular weight is 363 g/mol. The topological polar surface area (TPSA) is 66.2 Å². The van der Waals surface area contributed by atoms with E-state index in [1.807, 2.05) is 24.0 Å². The second-order valence-corrected chi connectivity index (χ2v) is 7.27. The number of carbonyl (C=O) groups excluding carboxylic acids is 2. The van der Waals surface area contributed by atoms with E-state index in [-0.39, 0.29) is 17.7 Å². The van der Waals surface area contributed by atoms with Crippen molar-refractivity contribution < 1.29 is 18.7 Å². The van der Waals surface area contributed by atoms with Gasteiger partial charge in [-0.1, -0.05) is 0 Å². The van der Waals surface area contributed by atoms with E-state index in [4.69, 9.17) is 9.15 Å². The summed E-state index contributed by atoms with van der Waals surface area (Å²) in [6.07, 6.45) is 1.86. The molecule has 0 saturated carbocycles. The molecule has 1 aromatic heterocycles. The summed E-state index contributed by atoms with van der Waals surface area (Å²) >= 11 is 0. The Kier molecular flexibility index (Phi) is 6.32. The fourth-order valence-electron chi connectivity index (χ4n) is 3.65. The van der Waals surface area contributed by atoms with Crippen molar-refractivity contribution in [2.45, 2.75) is 26.3 Å². The van der Waals surface area contributed by atoms with E-state index in [0.29, 0.717) is 45.9 Å². The number of nitrogens with zero attached hydrogens (tertiary/aromatic N) is 3. The number of likely N-dealkylation sites (tertiary alicyclic amines) is 1. The number of furan rings is 1. The van der Waals surface area contributed by atoms with Gasteiger partial charge in [0.2, 0.25) is 11.8 Å². The van der Waals surface area contributed by atoms with E-state index in [2.05, 4.69) is 4.90 Å². The first kappa shape index (κ1) is 18.9. The molecular formula is C19H29N3O4. The standard InChI is InChI=1S/C19H29N3O4/c1-15-5-6-17(26-15)13-20(2)18(23)14-21-7-3-4-16(12-21)19(24)22-8-10-25-11-9-22/h5-6,16H,3-4,7-14H2,1-2H3. The van der Waals surface area contributed by atoms with E-state index in [9.17, 15) is 9.59 Å². The fraction of sp³-hybridized carbons (Fsp3) is 0.684. The van der Waals surface area contributed by atoms with Gasteiger partial charge in [-0.15, -0.1) is 0 Å². The van der Waals surface area contributed by atoms with Crippen LogP contribution in [0.15, 0.2) is 16.5 Å². The third kappa shape index (κ3) is 4.86. The molecule has 2 aliphatic rings. The maximum Gasteiger partial charge on any atom is 0.236 e. The quantitative estimate of drug-likeness (QED) is 0.784. The van der Waals surface area contributed by atoms with Crippen LogP contribution in [-0.2, 0) is 20.9 Å². The number of morpholine rings is 1. The summed E-state index contributed by atoms with van der Waals surface area (Å²) in [5.74, 6) is 1.90. The van der Waals surface area contributed by atoms with Crippen molar-refractivity contribution in [2.24, 2.45) is 5.92 Å². The van der Waals surface area contributed by atoms with E-state index >= 15 is 0 Å². The van der Waals surface area contributed by atoms with Crippen LogP contribution in [0.4, 0.5) is 0 Å². The molecule has 0 aromatic carbocycles. The lowest BCUT2D eigenvalue weighted by atomic mass is 9.96. The van der Waals surface area contributed by atoms with Gasteiger partial charge in [-0.25, -0.2) is 0 Å². The largest absolute Gasteiger partial charge is 0.464 e. The molecule has 144 valence electrons. The van der Waals surface area contributed by atoms with E-state index in [1.165, 1.54) is 0 Å². The van der Waals surface area contributed by atoms with Gasteiger partial charge in [0.15, 0.2) is 0 Å². The van der Waals surface area contributed by atoms with Gasteiger partial charge in [-0.05, 0) is 38.4 Å². The van der Waals surface area contributed by atoms with Crippen molar-refractivity contribution in [2.75, 3.05) is 53.0 Å². The van der Waals surface area contributed by atoms with Gasteiger partial charge in [0.05, 0.1) is 32.2 Å². The second kappa shape index (κ2) is 8.68. The lowest BCUT2D eigenvalue weighted by molar-refractivity contribution is -0.142. The van der Waals surface area contributed by atoms with Crippen LogP contribution in [0.25, 0.3) is 0 Å². The van der Waals surface area contributed by atoms with Crippen LogP contribution in [0, 0.1) is 12.8 Å². The van der Waals surface area contributed by atoms with Crippen LogP contribution < -0.4 is 0 Å². The van der Waals surface area contributed by atoms with Crippen LogP contribution in [0.2, 0.25) is 0 Å². The predicted octanol–water partition coefficient (Wildman–Crippen LogP) is 1.12. The number of carbonyl (C=O) groups is 2. The van der Waals surface area contributed by atoms with Crippen LogP contribution in [0.5, 0.6) is 0 Å². The Morgan fingerprint density at radius 3 is 2.69 bits per heavy atom. The third-order valence-corrected chi connectivity index (χ3v) is 5.15. The summed E-state index contributed by atoms with van der Waals surface area (Å²) in [5, 5.41) is 0. The first-order valence-corrected chi connectivity index (χ1v) is 9.41. The minimum absolute atomic E-state index is 0.00678. The van der Waals surface area contributed by atoms with Crippen LogP contribution >= 0.6 is 0 Å². The maximum absolute atomic E-state index is 12.7. The highest BCUT2D eigenvalue weighted by Crippen LogP contribution is 2.20. The molecule has 2 aliphatic heterocycles. The van der Waals surface area contributed by atoms with Crippen molar-refractivity contribution in [3.05, 3.63) is 23.7 Å². The first-order chi connectivity index (χ1) is 12.5. The molecule has 7 heteroatoms. The molecule has 0 aliphatic carbocycles. The Hall–Kier alpha value is -1.86. The monoisotopic (exact) mass is 363 g/mol. The highest BCUT2D eigenvalue weighted by atomic mass is 16.5. The summed E-state index contributed by atoms with van der Waals surface area (Å²) in [7, 11) is 1.79. The van der Waals surface area contributed by atoms with Crippen molar-refractivity contribution in [3.8, 4) is 0 Å². The summed E-state index contributed by atoms with van der Waals surface area (Å²) in [6.45, 7) is 6.85. The van der Waals surface area contributed by atoms with Crippen molar-refractivity contribution in [1.29, 1.82) is 0 Å². The second-order valence-electron chi connectivity index (χ2n) is 7.27. The first-order valence-electron chi connectivity index (χ1n) is 9.41. The number of likely N-dealkylation sites (N-methyl/N-ethyl adjacent to an activating group) is 1. The summed E-state index contributed by atoms with van der Waals surface area (Å²) < 4.78 is 10.9. The molecule has 0 bridgehead atoms. The molecule has 1 aromatic rings. The van der Waals surface area contributed by atoms with Gasteiger partial charge in [-0.2, -0.15) is 0 Å². The molecule has 3 heterocycles. The SMILES string of the molecule is Cc1ccc(CN(C)C(=O)CN2CCCC(C(=O)N3CCOCC3)C2)o1. The van der Waals surface area contributed by atoms with Gasteiger partial charge >= 0.3 is 0 Å². The van der Waals surface area contributed by atoms with Crippen molar-refractivity contribution in [3.63, 3.8) is 0 Å². The Morgan fingerprint density at radius 1 is 1.23 bits per heavy atom. The molecule has 3 rings (SSSR count). The van der Waals surface area contributed by atoms with Gasteiger partial charge in [0.1, 0.15) is 11.5 Å². The van der Waals surface area contributed by atoms with Gasteiger partial charge in [-0.3, -0.25) is 14.5 Å². The Morgan fingerprint density at radius 2 is 2.00 bits per heavy atom. The number of piperidine rings is 1. The highest BCUT2D eigenvalue weighted by molar-refractivity contribution is 5.80. The number of rotatable bonds is 5. The third-order valence-electron chi connectivity index (χ3n) is 5.15. The van der Waals surface area contributed by atoms with E-state index in [1.54, 1.807) is 11.9 Å². The zero-order valence-corrected chi connectivity index (χ0v) is 15.8. The Labute approximate surface area is 154 Å². The molecule has 2 fully saturated rings. The smallest absolute Gasteiger partial charge is 0.236 e. The summed E-state index contributed by atoms with van der Waals surface area (Å²) in [4.78, 5) is 30.9. The number of aryl methyl sites for hydroxylation is 1. The number of amides is 2. The normalized spacial score (nSPS) is 21.6. The lowest BCUT2D eigenvalue weighted by Crippen LogP contribution is -2.50. The summed E-state index contributed by atoms with van der Waals surface area (Å²) in [5.41, 5.74) is 0.